The van der Waals surface area contributed by atoms with Gasteiger partial charge in [-0.2, -0.15) is 5.10 Å². The monoisotopic (exact) mass is 463 g/mol. The second-order valence-corrected chi connectivity index (χ2v) is 10.2. The van der Waals surface area contributed by atoms with Crippen LogP contribution in [-0.4, -0.2) is 59.2 Å². The van der Waals surface area contributed by atoms with E-state index in [9.17, 15) is 4.79 Å². The summed E-state index contributed by atoms with van der Waals surface area (Å²) in [4.78, 5) is 15.3. The minimum Gasteiger partial charge on any atom is -0.492 e. The molecular formula is C26H33N5O3. The number of fused-ring (bicyclic) bond motifs is 3. The van der Waals surface area contributed by atoms with Crippen LogP contribution in [-0.2, 0) is 17.2 Å². The number of urea groups is 1. The summed E-state index contributed by atoms with van der Waals surface area (Å²) in [7, 11) is 1.83. The fourth-order valence-electron chi connectivity index (χ4n) is 4.75. The molecule has 34 heavy (non-hydrogen) atoms. The number of amides is 2. The number of hydrogen-bond acceptors (Lipinski definition) is 5. The molecule has 2 fully saturated rings. The molecule has 0 saturated carbocycles. The first-order chi connectivity index (χ1) is 16.3. The molecule has 2 atom stereocenters. The molecule has 2 N–H and O–H groups in total. The lowest BCUT2D eigenvalue weighted by Crippen LogP contribution is -2.39. The maximum Gasteiger partial charge on any atom is 0.324 e. The van der Waals surface area contributed by atoms with E-state index in [2.05, 4.69) is 41.4 Å². The number of hydrogen-bond donors (Lipinski definition) is 2. The van der Waals surface area contributed by atoms with Gasteiger partial charge in [-0.25, -0.2) is 4.79 Å². The molecule has 2 unspecified atom stereocenters. The number of ether oxygens (including phenoxy) is 2. The molecular weight excluding hydrogens is 430 g/mol. The molecule has 180 valence electrons. The number of nitrogens with one attached hydrogen (secondary N) is 2. The zero-order valence-corrected chi connectivity index (χ0v) is 20.3. The third-order valence-corrected chi connectivity index (χ3v) is 6.67. The number of nitrogens with zero attached hydrogens (tertiary/aromatic N) is 3. The predicted octanol–water partition coefficient (Wildman–Crippen LogP) is 4.37. The lowest BCUT2D eigenvalue weighted by molar-refractivity contribution is 0.0258. The number of benzene rings is 2. The first-order valence-corrected chi connectivity index (χ1v) is 11.9. The second kappa shape index (κ2) is 8.92. The van der Waals surface area contributed by atoms with E-state index in [0.717, 1.165) is 54.0 Å². The molecule has 0 radical (unpaired) electrons. The molecule has 2 bridgehead atoms. The number of carbonyl (C=O) groups excluding carboxylic acids is 1. The second-order valence-electron chi connectivity index (χ2n) is 10.2. The van der Waals surface area contributed by atoms with Crippen LogP contribution in [0.2, 0.25) is 0 Å². The Morgan fingerprint density at radius 2 is 1.97 bits per heavy atom. The summed E-state index contributed by atoms with van der Waals surface area (Å²) in [5.41, 5.74) is 1.56. The van der Waals surface area contributed by atoms with E-state index in [-0.39, 0.29) is 11.4 Å². The molecule has 0 spiro atoms. The van der Waals surface area contributed by atoms with Crippen molar-refractivity contribution in [3.63, 3.8) is 0 Å². The van der Waals surface area contributed by atoms with Crippen molar-refractivity contribution in [2.45, 2.75) is 44.8 Å². The Labute approximate surface area is 200 Å². The van der Waals surface area contributed by atoms with E-state index in [4.69, 9.17) is 9.47 Å². The van der Waals surface area contributed by atoms with Crippen LogP contribution in [0.4, 0.5) is 16.3 Å². The molecule has 2 aromatic carbocycles. The van der Waals surface area contributed by atoms with Gasteiger partial charge in [-0.1, -0.05) is 45.0 Å². The first-order valence-electron chi connectivity index (χ1n) is 11.9. The summed E-state index contributed by atoms with van der Waals surface area (Å²) in [5, 5.41) is 12.3. The van der Waals surface area contributed by atoms with Gasteiger partial charge in [-0.3, -0.25) is 14.9 Å². The van der Waals surface area contributed by atoms with E-state index >= 15 is 0 Å². The Morgan fingerprint density at radius 3 is 2.65 bits per heavy atom. The third kappa shape index (κ3) is 4.60. The molecule has 0 aliphatic carbocycles. The summed E-state index contributed by atoms with van der Waals surface area (Å²) in [6, 6.07) is 13.9. The van der Waals surface area contributed by atoms with E-state index in [1.165, 1.54) is 0 Å². The van der Waals surface area contributed by atoms with Gasteiger partial charge >= 0.3 is 6.03 Å². The first kappa shape index (κ1) is 22.7. The van der Waals surface area contributed by atoms with Crippen molar-refractivity contribution in [3.05, 3.63) is 48.2 Å². The zero-order valence-electron chi connectivity index (χ0n) is 20.3. The highest BCUT2D eigenvalue weighted by Gasteiger charge is 2.38. The fraction of sp³-hybridized carbons (Fsp3) is 0.462. The van der Waals surface area contributed by atoms with Crippen molar-refractivity contribution in [2.24, 2.45) is 7.05 Å². The minimum atomic E-state index is -0.311. The molecule has 2 amide bonds. The summed E-state index contributed by atoms with van der Waals surface area (Å²) in [5.74, 6) is 1.47. The van der Waals surface area contributed by atoms with E-state index in [1.54, 1.807) is 4.68 Å². The number of likely N-dealkylation sites (tertiary alicyclic amines) is 1. The summed E-state index contributed by atoms with van der Waals surface area (Å²) >= 11 is 0. The van der Waals surface area contributed by atoms with E-state index in [1.807, 2.05) is 49.5 Å². The maximum atomic E-state index is 12.8. The van der Waals surface area contributed by atoms with Crippen LogP contribution in [0.25, 0.3) is 10.8 Å². The molecule has 8 nitrogen and oxygen atoms in total. The highest BCUT2D eigenvalue weighted by atomic mass is 16.5. The van der Waals surface area contributed by atoms with Crippen molar-refractivity contribution in [2.75, 3.05) is 36.9 Å². The average Bonchev–Trinajstić information content (AvgIpc) is 3.51. The summed E-state index contributed by atoms with van der Waals surface area (Å²) in [6.45, 7) is 9.64. The molecule has 2 aliphatic heterocycles. The number of aromatic nitrogens is 2. The SMILES string of the molecule is Cn1nc(C(C)(C)C)cc1NC(=O)Nc1ccc(OCCN2CC3CC2CO3)c2ccccc12. The molecule has 5 rings (SSSR count). The van der Waals surface area contributed by atoms with Gasteiger partial charge < -0.3 is 14.8 Å². The maximum absolute atomic E-state index is 12.8. The Morgan fingerprint density at radius 1 is 1.18 bits per heavy atom. The standard InChI is InChI=1S/C26H33N5O3/c1-26(2,3)23-14-24(30(4)29-23)28-25(32)27-21-9-10-22(20-8-6-5-7-19(20)21)33-12-11-31-15-18-13-17(31)16-34-18/h5-10,14,17-18H,11-13,15-16H2,1-4H3,(H2,27,28,32). The highest BCUT2D eigenvalue weighted by Crippen LogP contribution is 2.32. The van der Waals surface area contributed by atoms with Crippen LogP contribution in [0.1, 0.15) is 32.9 Å². The molecule has 3 aromatic rings. The average molecular weight is 464 g/mol. The lowest BCUT2D eigenvalue weighted by Gasteiger charge is -2.26. The van der Waals surface area contributed by atoms with Crippen LogP contribution in [0, 0.1) is 0 Å². The molecule has 8 heteroatoms. The third-order valence-electron chi connectivity index (χ3n) is 6.67. The van der Waals surface area contributed by atoms with Gasteiger partial charge in [0.1, 0.15) is 18.2 Å². The smallest absolute Gasteiger partial charge is 0.324 e. The number of anilines is 2. The molecule has 1 aromatic heterocycles. The van der Waals surface area contributed by atoms with Gasteiger partial charge in [0, 0.05) is 48.4 Å². The van der Waals surface area contributed by atoms with E-state index < -0.39 is 0 Å². The topological polar surface area (TPSA) is 80.7 Å². The number of carbonyl (C=O) groups is 1. The Kier molecular flexibility index (Phi) is 5.95. The van der Waals surface area contributed by atoms with Crippen LogP contribution in [0.5, 0.6) is 5.75 Å². The fourth-order valence-corrected chi connectivity index (χ4v) is 4.75. The predicted molar refractivity (Wildman–Crippen MR) is 134 cm³/mol. The Hall–Kier alpha value is -3.10. The van der Waals surface area contributed by atoms with Gasteiger partial charge in [0.05, 0.1) is 24.1 Å². The van der Waals surface area contributed by atoms with Crippen molar-refractivity contribution in [1.82, 2.24) is 14.7 Å². The number of aryl methyl sites for hydroxylation is 1. The highest BCUT2D eigenvalue weighted by molar-refractivity contribution is 6.07. The van der Waals surface area contributed by atoms with Gasteiger partial charge in [0.25, 0.3) is 0 Å². The minimum absolute atomic E-state index is 0.0949. The Bertz CT molecular complexity index is 1200. The summed E-state index contributed by atoms with van der Waals surface area (Å²) < 4.78 is 13.5. The number of rotatable bonds is 6. The van der Waals surface area contributed by atoms with Crippen LogP contribution < -0.4 is 15.4 Å². The number of morpholine rings is 1. The van der Waals surface area contributed by atoms with Crippen molar-refractivity contribution >= 4 is 28.3 Å². The normalized spacial score (nSPS) is 20.1. The van der Waals surface area contributed by atoms with Crippen molar-refractivity contribution in [3.8, 4) is 5.75 Å². The van der Waals surface area contributed by atoms with Crippen LogP contribution in [0.15, 0.2) is 42.5 Å². The largest absolute Gasteiger partial charge is 0.492 e. The van der Waals surface area contributed by atoms with Crippen LogP contribution >= 0.6 is 0 Å². The van der Waals surface area contributed by atoms with E-state index in [0.29, 0.717) is 24.6 Å². The molecule has 3 heterocycles. The Balaban J connectivity index is 1.26. The lowest BCUT2D eigenvalue weighted by atomic mass is 9.92. The van der Waals surface area contributed by atoms with Gasteiger partial charge in [0.15, 0.2) is 0 Å². The van der Waals surface area contributed by atoms with Gasteiger partial charge in [0.2, 0.25) is 0 Å². The quantitative estimate of drug-likeness (QED) is 0.568. The molecule has 2 saturated heterocycles. The van der Waals surface area contributed by atoms with Crippen molar-refractivity contribution in [1.29, 1.82) is 0 Å². The van der Waals surface area contributed by atoms with Crippen molar-refractivity contribution < 1.29 is 14.3 Å². The van der Waals surface area contributed by atoms with Crippen LogP contribution in [0.3, 0.4) is 0 Å². The van der Waals surface area contributed by atoms with Gasteiger partial charge in [-0.05, 0) is 18.6 Å². The van der Waals surface area contributed by atoms with Gasteiger partial charge in [-0.15, -0.1) is 0 Å². The zero-order chi connectivity index (χ0) is 23.9. The molecule has 2 aliphatic rings. The summed E-state index contributed by atoms with van der Waals surface area (Å²) in [6.07, 6.45) is 1.54.